The predicted molar refractivity (Wildman–Crippen MR) is 131 cm³/mol. The van der Waals surface area contributed by atoms with Crippen molar-refractivity contribution in [3.05, 3.63) is 53.3 Å². The number of benzene rings is 1. The van der Waals surface area contributed by atoms with Crippen molar-refractivity contribution in [2.45, 2.75) is 86.2 Å². The number of allylic oxidation sites excluding steroid dienone is 2. The van der Waals surface area contributed by atoms with Gasteiger partial charge in [0.2, 0.25) is 5.92 Å². The van der Waals surface area contributed by atoms with Crippen molar-refractivity contribution < 1.29 is 23.7 Å². The summed E-state index contributed by atoms with van der Waals surface area (Å²) < 4.78 is 33.8. The fourth-order valence-corrected chi connectivity index (χ4v) is 3.05. The van der Waals surface area contributed by atoms with Crippen LogP contribution in [0.25, 0.3) is 0 Å². The van der Waals surface area contributed by atoms with E-state index in [4.69, 9.17) is 4.74 Å². The zero-order valence-electron chi connectivity index (χ0n) is 20.8. The molecule has 182 valence electrons. The summed E-state index contributed by atoms with van der Waals surface area (Å²) in [6.45, 7) is 13.2. The van der Waals surface area contributed by atoms with E-state index in [0.717, 1.165) is 5.56 Å². The van der Waals surface area contributed by atoms with Crippen molar-refractivity contribution >= 4 is 0 Å². The van der Waals surface area contributed by atoms with Crippen LogP contribution in [0, 0.1) is 18.3 Å². The number of alkyl halides is 2. The topological polar surface area (TPSA) is 49.7 Å². The van der Waals surface area contributed by atoms with Gasteiger partial charge in [-0.2, -0.15) is 0 Å². The van der Waals surface area contributed by atoms with Gasteiger partial charge in [-0.3, -0.25) is 0 Å². The molecule has 3 nitrogen and oxygen atoms in total. The average molecular weight is 453 g/mol. The average Bonchev–Trinajstić information content (AvgIpc) is 2.79. The van der Waals surface area contributed by atoms with Crippen LogP contribution in [0.15, 0.2) is 47.7 Å². The van der Waals surface area contributed by atoms with E-state index in [1.54, 1.807) is 43.3 Å². The van der Waals surface area contributed by atoms with Crippen molar-refractivity contribution in [1.82, 2.24) is 0 Å². The first-order chi connectivity index (χ1) is 15.3. The lowest BCUT2D eigenvalue weighted by atomic mass is 9.83. The summed E-state index contributed by atoms with van der Waals surface area (Å²) in [5, 5.41) is 19.3. The summed E-state index contributed by atoms with van der Waals surface area (Å²) in [4.78, 5) is 0. The molecular weight excluding hydrogens is 410 g/mol. The Kier molecular flexibility index (Phi) is 18.2. The molecular formula is C27H42F2O3. The van der Waals surface area contributed by atoms with Gasteiger partial charge in [-0.05, 0) is 61.1 Å². The lowest BCUT2D eigenvalue weighted by Gasteiger charge is -2.34. The maximum atomic E-state index is 14.0. The molecule has 1 saturated heterocycles. The van der Waals surface area contributed by atoms with E-state index < -0.39 is 5.92 Å². The molecule has 0 aliphatic carbocycles. The number of hydrogen-bond acceptors (Lipinski definition) is 3. The second-order valence-electron chi connectivity index (χ2n) is 6.78. The Morgan fingerprint density at radius 2 is 1.72 bits per heavy atom. The Morgan fingerprint density at radius 1 is 1.19 bits per heavy atom. The van der Waals surface area contributed by atoms with Crippen LogP contribution in [0.5, 0.6) is 5.75 Å². The quantitative estimate of drug-likeness (QED) is 0.337. The highest BCUT2D eigenvalue weighted by Gasteiger charge is 2.36. The smallest absolute Gasteiger partial charge is 0.248 e. The second-order valence-corrected chi connectivity index (χ2v) is 6.78. The Hall–Kier alpha value is -2.32. The highest BCUT2D eigenvalue weighted by Crippen LogP contribution is 2.41. The highest BCUT2D eigenvalue weighted by molar-refractivity contribution is 5.29. The summed E-state index contributed by atoms with van der Waals surface area (Å²) in [6, 6.07) is 6.63. The number of hydrogen-bond donors (Lipinski definition) is 2. The van der Waals surface area contributed by atoms with Crippen molar-refractivity contribution in [3.63, 3.8) is 0 Å². The summed E-state index contributed by atoms with van der Waals surface area (Å²) in [6.07, 6.45) is 8.13. The van der Waals surface area contributed by atoms with Crippen LogP contribution in [0.3, 0.4) is 0 Å². The Morgan fingerprint density at radius 3 is 2.19 bits per heavy atom. The third kappa shape index (κ3) is 12.5. The number of ether oxygens (including phenoxy) is 1. The van der Waals surface area contributed by atoms with Crippen LogP contribution in [0.4, 0.5) is 8.78 Å². The van der Waals surface area contributed by atoms with Crippen LogP contribution in [0.1, 0.15) is 85.8 Å². The van der Waals surface area contributed by atoms with Crippen molar-refractivity contribution in [1.29, 1.82) is 0 Å². The molecule has 0 radical (unpaired) electrons. The highest BCUT2D eigenvalue weighted by atomic mass is 19.3. The van der Waals surface area contributed by atoms with Crippen molar-refractivity contribution in [3.8, 4) is 18.1 Å². The molecule has 0 bridgehead atoms. The molecule has 1 aromatic carbocycles. The van der Waals surface area contributed by atoms with Gasteiger partial charge in [0, 0.05) is 12.8 Å². The Bertz CT molecular complexity index is 701. The van der Waals surface area contributed by atoms with Gasteiger partial charge in [0.1, 0.15) is 11.5 Å². The number of phenols is 1. The first kappa shape index (κ1) is 31.9. The third-order valence-electron chi connectivity index (χ3n) is 4.55. The van der Waals surface area contributed by atoms with Gasteiger partial charge in [-0.25, -0.2) is 8.78 Å². The van der Waals surface area contributed by atoms with Gasteiger partial charge in [0.25, 0.3) is 0 Å². The molecule has 2 rings (SSSR count). The Balaban J connectivity index is 0. The number of halogens is 2. The van der Waals surface area contributed by atoms with Gasteiger partial charge < -0.3 is 14.9 Å². The molecule has 5 heteroatoms. The number of aliphatic hydroxyl groups is 1. The Labute approximate surface area is 194 Å². The molecule has 1 aromatic rings. The van der Waals surface area contributed by atoms with E-state index in [0.29, 0.717) is 18.4 Å². The minimum Gasteiger partial charge on any atom is -0.508 e. The molecule has 0 saturated carbocycles. The monoisotopic (exact) mass is 452 g/mol. The predicted octanol–water partition coefficient (Wildman–Crippen LogP) is 8.38. The molecule has 1 heterocycles. The van der Waals surface area contributed by atoms with Crippen molar-refractivity contribution in [2.75, 3.05) is 6.61 Å². The summed E-state index contributed by atoms with van der Waals surface area (Å²) in [7, 11) is 0. The molecule has 2 unspecified atom stereocenters. The summed E-state index contributed by atoms with van der Waals surface area (Å²) in [5.41, 5.74) is 1.56. The molecule has 0 spiro atoms. The normalized spacial score (nSPS) is 19.2. The van der Waals surface area contributed by atoms with Gasteiger partial charge in [-0.1, -0.05) is 53.7 Å². The minimum absolute atomic E-state index is 0.0917. The van der Waals surface area contributed by atoms with Crippen LogP contribution in [0.2, 0.25) is 0 Å². The number of aliphatic hydroxyl groups excluding tert-OH is 1. The fraction of sp³-hybridized carbons (Fsp3) is 0.556. The van der Waals surface area contributed by atoms with E-state index in [1.807, 2.05) is 34.6 Å². The van der Waals surface area contributed by atoms with Gasteiger partial charge >= 0.3 is 0 Å². The number of phenolic OH excluding ortho intramolecular Hbond substituents is 1. The lowest BCUT2D eigenvalue weighted by molar-refractivity contribution is -0.0459. The maximum Gasteiger partial charge on any atom is 0.248 e. The molecule has 1 aliphatic rings. The number of aromatic hydroxyl groups is 1. The number of rotatable bonds is 6. The molecule has 0 amide bonds. The second kappa shape index (κ2) is 18.3. The summed E-state index contributed by atoms with van der Waals surface area (Å²) in [5.74, 6) is -0.613. The maximum absolute atomic E-state index is 14.0. The van der Waals surface area contributed by atoms with E-state index >= 15 is 0 Å². The van der Waals surface area contributed by atoms with Crippen LogP contribution >= 0.6 is 0 Å². The van der Waals surface area contributed by atoms with E-state index in [-0.39, 0.29) is 43.0 Å². The molecule has 2 N–H and O–H groups in total. The van der Waals surface area contributed by atoms with Crippen LogP contribution < -0.4 is 0 Å². The van der Waals surface area contributed by atoms with Crippen molar-refractivity contribution in [2.24, 2.45) is 5.92 Å². The molecule has 1 aliphatic heterocycles. The first-order valence-electron chi connectivity index (χ1n) is 11.5. The largest absolute Gasteiger partial charge is 0.508 e. The molecule has 1 fully saturated rings. The first-order valence-corrected chi connectivity index (χ1v) is 11.5. The van der Waals surface area contributed by atoms with Gasteiger partial charge in [0.05, 0.1) is 12.7 Å². The third-order valence-corrected chi connectivity index (χ3v) is 4.55. The molecule has 0 aromatic heterocycles. The fourth-order valence-electron chi connectivity index (χ4n) is 3.05. The zero-order chi connectivity index (χ0) is 25.2. The van der Waals surface area contributed by atoms with Gasteiger partial charge in [0.15, 0.2) is 0 Å². The van der Waals surface area contributed by atoms with E-state index in [2.05, 4.69) is 12.3 Å². The standard InChI is InChI=1S/C20H26F2O3.C3H4.2C2H6/c1-3-5-18(24)10-16-13-25-19(14-6-8-17(23)9-7-14)11-15(16)12-20(21,22)4-2;1-3-2;2*1-2/h5-10,15,19,23-24H,3-4,11-13H2,1-2H3;1H,2H3;2*1-2H3/b16-10+,18-5+;;;. The summed E-state index contributed by atoms with van der Waals surface area (Å²) >= 11 is 0. The molecule has 2 atom stereocenters. The molecule has 32 heavy (non-hydrogen) atoms. The SMILES string of the molecule is C#CC.CC.CC.CC/C=C(O)\C=C1/COC(c2ccc(O)cc2)CC1CC(F)(F)CC. The minimum atomic E-state index is -2.75. The van der Waals surface area contributed by atoms with Crippen LogP contribution in [-0.4, -0.2) is 22.7 Å². The van der Waals surface area contributed by atoms with Crippen LogP contribution in [-0.2, 0) is 4.74 Å². The lowest BCUT2D eigenvalue weighted by Crippen LogP contribution is -2.28. The number of terminal acetylenes is 1. The zero-order valence-corrected chi connectivity index (χ0v) is 20.8. The van der Waals surface area contributed by atoms with E-state index in [1.165, 1.54) is 6.92 Å². The van der Waals surface area contributed by atoms with E-state index in [9.17, 15) is 19.0 Å². The van der Waals surface area contributed by atoms with Gasteiger partial charge in [-0.15, -0.1) is 12.3 Å².